The van der Waals surface area contributed by atoms with Gasteiger partial charge >= 0.3 is 0 Å². The molecule has 1 amide bonds. The van der Waals surface area contributed by atoms with E-state index in [1.165, 1.54) is 24.1 Å². The van der Waals surface area contributed by atoms with Gasteiger partial charge in [-0.2, -0.15) is 5.10 Å². The molecular weight excluding hydrogens is 438 g/mol. The summed E-state index contributed by atoms with van der Waals surface area (Å²) in [7, 11) is 0. The maximum Gasteiger partial charge on any atom is 0.274 e. The number of fused-ring (bicyclic) bond motifs is 3. The van der Waals surface area contributed by atoms with Crippen LogP contribution in [-0.4, -0.2) is 50.8 Å². The number of pyridine rings is 1. The Morgan fingerprint density at radius 3 is 2.69 bits per heavy atom. The van der Waals surface area contributed by atoms with Gasteiger partial charge in [0.25, 0.3) is 5.91 Å². The molecule has 0 bridgehead atoms. The van der Waals surface area contributed by atoms with E-state index < -0.39 is 0 Å². The average Bonchev–Trinajstić information content (AvgIpc) is 3.18. The number of ether oxygens (including phenoxy) is 1. The Labute approximate surface area is 208 Å². The summed E-state index contributed by atoms with van der Waals surface area (Å²) in [6.45, 7) is 6.82. The highest BCUT2D eigenvalue weighted by molar-refractivity contribution is 5.95. The third kappa shape index (κ3) is 4.37. The van der Waals surface area contributed by atoms with E-state index in [-0.39, 0.29) is 18.1 Å². The van der Waals surface area contributed by atoms with E-state index in [1.807, 2.05) is 11.0 Å². The monoisotopic (exact) mass is 477 g/mol. The minimum Gasteiger partial charge on any atom is -0.474 e. The van der Waals surface area contributed by atoms with Gasteiger partial charge in [0.1, 0.15) is 6.10 Å². The predicted molar refractivity (Wildman–Crippen MR) is 134 cm³/mol. The zero-order chi connectivity index (χ0) is 24.1. The van der Waals surface area contributed by atoms with E-state index in [9.17, 15) is 4.79 Å². The summed E-state index contributed by atoms with van der Waals surface area (Å²) in [5.41, 5.74) is 10.5. The van der Waals surface area contributed by atoms with Crippen LogP contribution in [0, 0.1) is 24.7 Å². The molecule has 6 rings (SSSR count). The fourth-order valence-electron chi connectivity index (χ4n) is 6.83. The van der Waals surface area contributed by atoms with Crippen LogP contribution in [-0.2, 0) is 13.0 Å². The number of nitrogens with zero attached hydrogens (tertiary/aromatic N) is 4. The molecule has 1 aliphatic heterocycles. The van der Waals surface area contributed by atoms with Crippen molar-refractivity contribution in [1.29, 1.82) is 0 Å². The molecule has 1 saturated heterocycles. The number of aryl methyl sites for hydroxylation is 2. The number of likely N-dealkylation sites (tertiary alicyclic amines) is 1. The van der Waals surface area contributed by atoms with E-state index in [2.05, 4.69) is 29.6 Å². The van der Waals surface area contributed by atoms with Crippen molar-refractivity contribution in [1.82, 2.24) is 19.7 Å². The van der Waals surface area contributed by atoms with Crippen LogP contribution in [0.2, 0.25) is 0 Å². The molecular formula is C28H39N5O2. The molecule has 2 unspecified atom stereocenters. The van der Waals surface area contributed by atoms with Crippen molar-refractivity contribution in [3.05, 3.63) is 40.8 Å². The molecule has 3 fully saturated rings. The van der Waals surface area contributed by atoms with Crippen LogP contribution < -0.4 is 10.5 Å². The van der Waals surface area contributed by atoms with Crippen LogP contribution in [0.15, 0.2) is 18.3 Å². The molecule has 2 aromatic heterocycles. The van der Waals surface area contributed by atoms with Gasteiger partial charge in [-0.25, -0.2) is 4.98 Å². The molecule has 7 heteroatoms. The number of aromatic nitrogens is 3. The third-order valence-electron chi connectivity index (χ3n) is 9.23. The Morgan fingerprint density at radius 2 is 1.94 bits per heavy atom. The largest absolute Gasteiger partial charge is 0.474 e. The van der Waals surface area contributed by atoms with Crippen LogP contribution in [0.5, 0.6) is 5.88 Å². The highest BCUT2D eigenvalue weighted by Crippen LogP contribution is 2.62. The summed E-state index contributed by atoms with van der Waals surface area (Å²) in [5, 5.41) is 4.96. The van der Waals surface area contributed by atoms with Gasteiger partial charge in [-0.15, -0.1) is 0 Å². The SMILES string of the molecule is Cc1cccnc1O[C@H]1CC[C@@H](CCn2nc(C(=O)N3CCC(N)CC3)c3c2CC2C3[C@@H]2C)CC1. The normalized spacial score (nSPS) is 30.1. The van der Waals surface area contributed by atoms with Gasteiger partial charge < -0.3 is 15.4 Å². The minimum atomic E-state index is 0.133. The number of amides is 1. The number of carbonyl (C=O) groups is 1. The molecule has 7 nitrogen and oxygen atoms in total. The molecule has 3 aliphatic carbocycles. The highest BCUT2D eigenvalue weighted by atomic mass is 16.5. The number of hydrogen-bond donors (Lipinski definition) is 1. The fourth-order valence-corrected chi connectivity index (χ4v) is 6.83. The standard InChI is InChI=1S/C28H39N5O2/c1-17-4-3-12-30-27(17)35-21-7-5-19(6-8-21)9-15-33-23-16-22-18(2)24(22)25(23)26(31-33)28(34)32-13-10-20(29)11-14-32/h3-4,12,18-22,24H,5-11,13-16,29H2,1-2H3/t18-,19-,21+,22?,24?/m1/s1. The average molecular weight is 478 g/mol. The lowest BCUT2D eigenvalue weighted by Crippen LogP contribution is -2.43. The smallest absolute Gasteiger partial charge is 0.274 e. The van der Waals surface area contributed by atoms with Crippen molar-refractivity contribution in [2.24, 2.45) is 23.5 Å². The third-order valence-corrected chi connectivity index (χ3v) is 9.23. The highest BCUT2D eigenvalue weighted by Gasteiger charge is 2.56. The first kappa shape index (κ1) is 23.0. The van der Waals surface area contributed by atoms with E-state index in [4.69, 9.17) is 15.6 Å². The Hall–Kier alpha value is -2.41. The molecule has 0 aromatic carbocycles. The van der Waals surface area contributed by atoms with Gasteiger partial charge in [0, 0.05) is 48.7 Å². The summed E-state index contributed by atoms with van der Waals surface area (Å²) in [4.78, 5) is 19.8. The topological polar surface area (TPSA) is 86.3 Å². The molecule has 0 spiro atoms. The predicted octanol–water partition coefficient (Wildman–Crippen LogP) is 4.08. The van der Waals surface area contributed by atoms with Crippen molar-refractivity contribution >= 4 is 5.91 Å². The summed E-state index contributed by atoms with van der Waals surface area (Å²) in [6.07, 6.45) is 10.6. The van der Waals surface area contributed by atoms with E-state index in [0.29, 0.717) is 17.8 Å². The second-order valence-corrected chi connectivity index (χ2v) is 11.5. The summed E-state index contributed by atoms with van der Waals surface area (Å²) in [6, 6.07) is 4.24. The van der Waals surface area contributed by atoms with E-state index in [1.54, 1.807) is 6.20 Å². The summed E-state index contributed by atoms with van der Waals surface area (Å²) in [5.74, 6) is 3.57. The molecule has 0 radical (unpaired) electrons. The molecule has 4 aliphatic rings. The molecule has 2 aromatic rings. The lowest BCUT2D eigenvalue weighted by atomic mass is 9.85. The lowest BCUT2D eigenvalue weighted by molar-refractivity contribution is 0.0706. The van der Waals surface area contributed by atoms with Gasteiger partial charge in [-0.05, 0) is 88.0 Å². The zero-order valence-corrected chi connectivity index (χ0v) is 21.2. The Balaban J connectivity index is 1.09. The number of carbonyl (C=O) groups excluding carboxylic acids is 1. The number of hydrogen-bond acceptors (Lipinski definition) is 5. The number of piperidine rings is 1. The Bertz CT molecular complexity index is 1080. The Kier molecular flexibility index (Phi) is 6.07. The molecule has 3 heterocycles. The summed E-state index contributed by atoms with van der Waals surface area (Å²) < 4.78 is 8.40. The van der Waals surface area contributed by atoms with Gasteiger partial charge in [0.15, 0.2) is 5.69 Å². The molecule has 35 heavy (non-hydrogen) atoms. The second kappa shape index (κ2) is 9.23. The van der Waals surface area contributed by atoms with Crippen LogP contribution in [0.3, 0.4) is 0 Å². The first-order chi connectivity index (χ1) is 17.0. The molecule has 188 valence electrons. The van der Waals surface area contributed by atoms with Crippen LogP contribution in [0.4, 0.5) is 0 Å². The molecule has 2 N–H and O–H groups in total. The molecule has 3 atom stereocenters. The van der Waals surface area contributed by atoms with Crippen LogP contribution in [0.1, 0.15) is 85.1 Å². The van der Waals surface area contributed by atoms with Gasteiger partial charge in [-0.1, -0.05) is 13.0 Å². The van der Waals surface area contributed by atoms with Crippen molar-refractivity contribution < 1.29 is 9.53 Å². The quantitative estimate of drug-likeness (QED) is 0.677. The van der Waals surface area contributed by atoms with Gasteiger partial charge in [0.05, 0.1) is 0 Å². The van der Waals surface area contributed by atoms with Crippen molar-refractivity contribution in [2.75, 3.05) is 13.1 Å². The first-order valence-electron chi connectivity index (χ1n) is 13.7. The minimum absolute atomic E-state index is 0.133. The first-order valence-corrected chi connectivity index (χ1v) is 13.7. The van der Waals surface area contributed by atoms with E-state index in [0.717, 1.165) is 81.2 Å². The maximum absolute atomic E-state index is 13.5. The van der Waals surface area contributed by atoms with E-state index >= 15 is 0 Å². The number of rotatable bonds is 6. The van der Waals surface area contributed by atoms with Crippen molar-refractivity contribution in [3.63, 3.8) is 0 Å². The second-order valence-electron chi connectivity index (χ2n) is 11.5. The fraction of sp³-hybridized carbons (Fsp3) is 0.679. The van der Waals surface area contributed by atoms with Gasteiger partial charge in [0.2, 0.25) is 5.88 Å². The van der Waals surface area contributed by atoms with Crippen LogP contribution >= 0.6 is 0 Å². The molecule has 2 saturated carbocycles. The van der Waals surface area contributed by atoms with Crippen molar-refractivity contribution in [3.8, 4) is 5.88 Å². The zero-order valence-electron chi connectivity index (χ0n) is 21.2. The van der Waals surface area contributed by atoms with Gasteiger partial charge in [-0.3, -0.25) is 9.48 Å². The maximum atomic E-state index is 13.5. The lowest BCUT2D eigenvalue weighted by Gasteiger charge is -2.29. The van der Waals surface area contributed by atoms with Crippen LogP contribution in [0.25, 0.3) is 0 Å². The Morgan fingerprint density at radius 1 is 1.17 bits per heavy atom. The summed E-state index contributed by atoms with van der Waals surface area (Å²) >= 11 is 0. The number of nitrogens with two attached hydrogens (primary N) is 1. The van der Waals surface area contributed by atoms with Crippen molar-refractivity contribution in [2.45, 2.75) is 89.8 Å².